The van der Waals surface area contributed by atoms with Crippen LogP contribution in [0.1, 0.15) is 47.5 Å². The van der Waals surface area contributed by atoms with E-state index in [9.17, 15) is 9.59 Å². The lowest BCUT2D eigenvalue weighted by molar-refractivity contribution is -0.404. The van der Waals surface area contributed by atoms with Crippen molar-refractivity contribution in [1.29, 1.82) is 0 Å². The number of carbonyl (C=O) groups excluding carboxylic acids is 2. The van der Waals surface area contributed by atoms with Crippen LogP contribution in [0, 0.1) is 0 Å². The van der Waals surface area contributed by atoms with Crippen LogP contribution in [0.2, 0.25) is 0 Å². The fourth-order valence-electron chi connectivity index (χ4n) is 1.31. The van der Waals surface area contributed by atoms with Crippen LogP contribution in [-0.4, -0.2) is 30.4 Å². The Hall–Kier alpha value is -1.40. The summed E-state index contributed by atoms with van der Waals surface area (Å²) in [6.07, 6.45) is -0.799. The fraction of sp³-hybridized carbons (Fsp3) is 0.714. The van der Waals surface area contributed by atoms with Gasteiger partial charge in [0.2, 0.25) is 0 Å². The maximum atomic E-state index is 11.4. The first-order valence-corrected chi connectivity index (χ1v) is 6.54. The van der Waals surface area contributed by atoms with Gasteiger partial charge in [-0.2, -0.15) is 4.89 Å². The minimum atomic E-state index is -1.09. The van der Waals surface area contributed by atoms with Crippen molar-refractivity contribution in [3.05, 3.63) is 12.2 Å². The van der Waals surface area contributed by atoms with Crippen molar-refractivity contribution >= 4 is 12.4 Å². The van der Waals surface area contributed by atoms with Gasteiger partial charge in [0.05, 0.1) is 5.60 Å². The van der Waals surface area contributed by atoms with Gasteiger partial charge in [0.1, 0.15) is 0 Å². The van der Waals surface area contributed by atoms with E-state index in [0.29, 0.717) is 11.9 Å². The summed E-state index contributed by atoms with van der Waals surface area (Å²) in [5, 5.41) is 0. The Morgan fingerprint density at radius 2 is 1.95 bits per heavy atom. The Balaban J connectivity index is 4.41. The van der Waals surface area contributed by atoms with Gasteiger partial charge in [0.15, 0.2) is 12.4 Å². The summed E-state index contributed by atoms with van der Waals surface area (Å²) < 4.78 is 9.54. The third kappa shape index (κ3) is 7.91. The molecule has 0 heterocycles. The maximum Gasteiger partial charge on any atom is 0.511 e. The van der Waals surface area contributed by atoms with E-state index < -0.39 is 24.2 Å². The molecule has 0 fully saturated rings. The zero-order valence-electron chi connectivity index (χ0n) is 12.8. The van der Waals surface area contributed by atoms with Crippen LogP contribution in [-0.2, 0) is 24.0 Å². The Bertz CT molecular complexity index is 337. The lowest BCUT2D eigenvalue weighted by Crippen LogP contribution is -2.31. The van der Waals surface area contributed by atoms with Crippen LogP contribution < -0.4 is 0 Å². The van der Waals surface area contributed by atoms with E-state index in [1.54, 1.807) is 6.92 Å². The van der Waals surface area contributed by atoms with Gasteiger partial charge in [-0.25, -0.2) is 9.68 Å². The van der Waals surface area contributed by atoms with Gasteiger partial charge in [-0.1, -0.05) is 19.9 Å². The van der Waals surface area contributed by atoms with Crippen LogP contribution in [0.25, 0.3) is 0 Å². The monoisotopic (exact) mass is 288 g/mol. The van der Waals surface area contributed by atoms with Gasteiger partial charge < -0.3 is 9.47 Å². The van der Waals surface area contributed by atoms with E-state index >= 15 is 0 Å². The van der Waals surface area contributed by atoms with E-state index in [-0.39, 0.29) is 0 Å². The minimum absolute atomic E-state index is 0.438. The zero-order valence-corrected chi connectivity index (χ0v) is 12.8. The summed E-state index contributed by atoms with van der Waals surface area (Å²) in [7, 11) is 0. The largest absolute Gasteiger partial charge is 0.511 e. The van der Waals surface area contributed by atoms with Gasteiger partial charge >= 0.3 is 6.16 Å². The van der Waals surface area contributed by atoms with Crippen LogP contribution in [0.4, 0.5) is 4.79 Å². The Labute approximate surface area is 120 Å². The molecule has 0 saturated carbocycles. The molecule has 0 N–H and O–H groups in total. The predicted molar refractivity (Wildman–Crippen MR) is 72.9 cm³/mol. The van der Waals surface area contributed by atoms with Crippen molar-refractivity contribution < 1.29 is 28.8 Å². The van der Waals surface area contributed by atoms with Crippen molar-refractivity contribution in [3.63, 3.8) is 0 Å². The van der Waals surface area contributed by atoms with Crippen molar-refractivity contribution in [2.45, 2.75) is 65.5 Å². The van der Waals surface area contributed by atoms with Crippen molar-refractivity contribution in [2.75, 3.05) is 0 Å². The number of rotatable bonds is 9. The first-order valence-electron chi connectivity index (χ1n) is 6.54. The van der Waals surface area contributed by atoms with E-state index in [4.69, 9.17) is 14.5 Å². The van der Waals surface area contributed by atoms with E-state index in [2.05, 4.69) is 11.3 Å². The van der Waals surface area contributed by atoms with Gasteiger partial charge in [0.25, 0.3) is 6.29 Å². The van der Waals surface area contributed by atoms with Gasteiger partial charge in [-0.15, -0.1) is 0 Å². The molecule has 6 nitrogen and oxygen atoms in total. The van der Waals surface area contributed by atoms with Crippen LogP contribution >= 0.6 is 0 Å². The highest BCUT2D eigenvalue weighted by atomic mass is 17.2. The highest BCUT2D eigenvalue weighted by Crippen LogP contribution is 2.19. The molecule has 0 aromatic heterocycles. The molecule has 0 aliphatic heterocycles. The molecule has 0 spiro atoms. The second-order valence-corrected chi connectivity index (χ2v) is 5.19. The first-order chi connectivity index (χ1) is 9.21. The highest BCUT2D eigenvalue weighted by Gasteiger charge is 2.25. The molecule has 0 aliphatic rings. The molecule has 6 heteroatoms. The van der Waals surface area contributed by atoms with Crippen LogP contribution in [0.5, 0.6) is 0 Å². The molecule has 0 rings (SSSR count). The van der Waals surface area contributed by atoms with Crippen molar-refractivity contribution in [3.8, 4) is 0 Å². The maximum absolute atomic E-state index is 11.4. The molecule has 0 saturated heterocycles. The minimum Gasteiger partial charge on any atom is -0.424 e. The smallest absolute Gasteiger partial charge is 0.424 e. The summed E-state index contributed by atoms with van der Waals surface area (Å²) >= 11 is 0. The number of aldehydes is 1. The van der Waals surface area contributed by atoms with E-state index in [1.807, 2.05) is 20.8 Å². The zero-order chi connectivity index (χ0) is 15.8. The topological polar surface area (TPSA) is 71.1 Å². The van der Waals surface area contributed by atoms with Gasteiger partial charge in [-0.3, -0.25) is 4.79 Å². The molecule has 0 aromatic carbocycles. The summed E-state index contributed by atoms with van der Waals surface area (Å²) in [5.41, 5.74) is -0.0702. The molecule has 2 atom stereocenters. The number of ether oxygens (including phenoxy) is 2. The molecule has 20 heavy (non-hydrogen) atoms. The van der Waals surface area contributed by atoms with Gasteiger partial charge in [-0.05, 0) is 39.7 Å². The molecular formula is C14H24O6. The Kier molecular flexibility index (Phi) is 8.10. The number of hydrogen-bond donors (Lipinski definition) is 0. The van der Waals surface area contributed by atoms with Crippen LogP contribution in [0.15, 0.2) is 12.2 Å². The average Bonchev–Trinajstić information content (AvgIpc) is 2.33. The second kappa shape index (κ2) is 8.71. The molecule has 0 aromatic rings. The quantitative estimate of drug-likeness (QED) is 0.162. The van der Waals surface area contributed by atoms with E-state index in [1.165, 1.54) is 6.92 Å². The molecule has 0 amide bonds. The van der Waals surface area contributed by atoms with Crippen molar-refractivity contribution in [1.82, 2.24) is 0 Å². The highest BCUT2D eigenvalue weighted by molar-refractivity contribution is 5.65. The standard InChI is InChI=1S/C14H24O6/c1-7-8-14(5,6)20-19-12(10(2)3)18-13(16)17-11(4)9-15/h9,11-12H,2,7-8H2,1,3-6H3. The third-order valence-electron chi connectivity index (χ3n) is 2.29. The normalized spacial score (nSPS) is 14.2. The SMILES string of the molecule is C=C(C)C(OOC(C)(C)CCC)OC(=O)OC(C)C=O. The lowest BCUT2D eigenvalue weighted by Gasteiger charge is -2.26. The number of hydrogen-bond acceptors (Lipinski definition) is 6. The predicted octanol–water partition coefficient (Wildman–Crippen LogP) is 3.16. The Morgan fingerprint density at radius 3 is 2.40 bits per heavy atom. The van der Waals surface area contributed by atoms with E-state index in [0.717, 1.165) is 12.8 Å². The first kappa shape index (κ1) is 18.6. The third-order valence-corrected chi connectivity index (χ3v) is 2.29. The summed E-state index contributed by atoms with van der Waals surface area (Å²) in [6.45, 7) is 12.4. The van der Waals surface area contributed by atoms with Crippen molar-refractivity contribution in [2.24, 2.45) is 0 Å². The second-order valence-electron chi connectivity index (χ2n) is 5.19. The molecular weight excluding hydrogens is 264 g/mol. The van der Waals surface area contributed by atoms with Crippen LogP contribution in [0.3, 0.4) is 0 Å². The molecule has 0 bridgehead atoms. The molecule has 0 radical (unpaired) electrons. The van der Waals surface area contributed by atoms with Gasteiger partial charge in [0, 0.05) is 0 Å². The molecule has 116 valence electrons. The molecule has 0 aliphatic carbocycles. The Morgan fingerprint density at radius 1 is 1.35 bits per heavy atom. The summed E-state index contributed by atoms with van der Waals surface area (Å²) in [6, 6.07) is 0. The number of carbonyl (C=O) groups is 2. The summed E-state index contributed by atoms with van der Waals surface area (Å²) in [4.78, 5) is 32.1. The summed E-state index contributed by atoms with van der Waals surface area (Å²) in [5.74, 6) is 0. The molecule has 2 unspecified atom stereocenters. The average molecular weight is 288 g/mol. The fourth-order valence-corrected chi connectivity index (χ4v) is 1.31. The lowest BCUT2D eigenvalue weighted by atomic mass is 10.0.